The Bertz CT molecular complexity index is 735. The Morgan fingerprint density at radius 1 is 1.35 bits per heavy atom. The number of aromatic nitrogens is 2. The Labute approximate surface area is 121 Å². The van der Waals surface area contributed by atoms with Gasteiger partial charge in [0.15, 0.2) is 10.8 Å². The molecule has 1 aromatic carbocycles. The first-order valence-corrected chi connectivity index (χ1v) is 8.46. The van der Waals surface area contributed by atoms with Crippen LogP contribution in [0.3, 0.4) is 0 Å². The highest BCUT2D eigenvalue weighted by Gasteiger charge is 2.33. The zero-order valence-electron chi connectivity index (χ0n) is 10.9. The number of nitrogen functional groups attached to an aromatic ring is 1. The van der Waals surface area contributed by atoms with Crippen LogP contribution in [0.5, 0.6) is 0 Å². The molecule has 6 nitrogen and oxygen atoms in total. The Kier molecular flexibility index (Phi) is 3.14. The number of benzene rings is 1. The maximum atomic E-state index is 12.8. The molecule has 1 aromatic heterocycles. The van der Waals surface area contributed by atoms with Crippen molar-refractivity contribution >= 4 is 33.3 Å². The second-order valence-corrected chi connectivity index (χ2v) is 7.35. The van der Waals surface area contributed by atoms with E-state index in [1.165, 1.54) is 15.2 Å². The first-order valence-electron chi connectivity index (χ1n) is 6.03. The van der Waals surface area contributed by atoms with Gasteiger partial charge in [-0.3, -0.25) is 4.31 Å². The zero-order valence-corrected chi connectivity index (χ0v) is 12.5. The van der Waals surface area contributed by atoms with Gasteiger partial charge in [0.05, 0.1) is 12.0 Å². The largest absolute Gasteiger partial charge is 0.381 e. The Morgan fingerprint density at radius 2 is 2.10 bits per heavy atom. The van der Waals surface area contributed by atoms with Crippen molar-refractivity contribution in [2.45, 2.75) is 9.92 Å². The van der Waals surface area contributed by atoms with Crippen molar-refractivity contribution < 1.29 is 8.42 Å². The molecule has 0 bridgehead atoms. The van der Waals surface area contributed by atoms with Gasteiger partial charge in [-0.2, -0.15) is 8.42 Å². The molecule has 0 fully saturated rings. The maximum Gasteiger partial charge on any atom is 0.283 e. The minimum atomic E-state index is -3.70. The maximum absolute atomic E-state index is 12.8. The molecule has 0 saturated carbocycles. The van der Waals surface area contributed by atoms with Crippen molar-refractivity contribution in [1.82, 2.24) is 9.55 Å². The molecule has 0 aliphatic carbocycles. The summed E-state index contributed by atoms with van der Waals surface area (Å²) in [5.74, 6) is 0.747. The van der Waals surface area contributed by atoms with Crippen LogP contribution in [0.25, 0.3) is 0 Å². The van der Waals surface area contributed by atoms with Gasteiger partial charge in [0.1, 0.15) is 0 Å². The number of sulfonamides is 1. The van der Waals surface area contributed by atoms with Crippen molar-refractivity contribution in [2.24, 2.45) is 7.05 Å². The summed E-state index contributed by atoms with van der Waals surface area (Å²) < 4.78 is 28.5. The highest BCUT2D eigenvalue weighted by atomic mass is 32.2. The van der Waals surface area contributed by atoms with Gasteiger partial charge >= 0.3 is 0 Å². The average molecular weight is 310 g/mol. The second kappa shape index (κ2) is 4.71. The molecular formula is C12H14N4O2S2. The topological polar surface area (TPSA) is 81.2 Å². The zero-order chi connectivity index (χ0) is 14.3. The minimum Gasteiger partial charge on any atom is -0.381 e. The van der Waals surface area contributed by atoms with E-state index >= 15 is 0 Å². The standard InChI is InChI=1S/C12H14N4O2S2/c1-15-8-14-11(13)12(15)20(17,18)16-6-7-19-10-5-3-2-4-9(10)16/h2-5,8H,6-7,13H2,1H3. The van der Waals surface area contributed by atoms with Gasteiger partial charge in [0.25, 0.3) is 10.0 Å². The lowest BCUT2D eigenvalue weighted by Crippen LogP contribution is -2.36. The number of anilines is 2. The number of hydrogen-bond donors (Lipinski definition) is 1. The fourth-order valence-electron chi connectivity index (χ4n) is 2.25. The van der Waals surface area contributed by atoms with Crippen LogP contribution in [0.4, 0.5) is 11.5 Å². The van der Waals surface area contributed by atoms with E-state index in [9.17, 15) is 8.42 Å². The molecule has 0 amide bonds. The number of hydrogen-bond acceptors (Lipinski definition) is 5. The van der Waals surface area contributed by atoms with E-state index in [0.717, 1.165) is 4.90 Å². The van der Waals surface area contributed by atoms with Gasteiger partial charge in [-0.1, -0.05) is 12.1 Å². The SMILES string of the molecule is Cn1cnc(N)c1S(=O)(=O)N1CCSc2ccccc21. The van der Waals surface area contributed by atoms with Crippen LogP contribution in [0.2, 0.25) is 0 Å². The van der Waals surface area contributed by atoms with Crippen LogP contribution in [-0.2, 0) is 17.1 Å². The van der Waals surface area contributed by atoms with E-state index in [1.807, 2.05) is 24.3 Å². The molecule has 2 heterocycles. The molecule has 3 rings (SSSR count). The quantitative estimate of drug-likeness (QED) is 0.904. The lowest BCUT2D eigenvalue weighted by Gasteiger charge is -2.29. The van der Waals surface area contributed by atoms with Crippen molar-refractivity contribution in [2.75, 3.05) is 22.3 Å². The van der Waals surface area contributed by atoms with Gasteiger partial charge in [0, 0.05) is 24.2 Å². The molecule has 1 aliphatic rings. The highest BCUT2D eigenvalue weighted by Crippen LogP contribution is 2.37. The summed E-state index contributed by atoms with van der Waals surface area (Å²) in [5.41, 5.74) is 6.41. The second-order valence-electron chi connectivity index (χ2n) is 4.44. The van der Waals surface area contributed by atoms with E-state index in [4.69, 9.17) is 5.73 Å². The average Bonchev–Trinajstić information content (AvgIpc) is 2.78. The molecular weight excluding hydrogens is 296 g/mol. The Balaban J connectivity index is 2.15. The number of thioether (sulfide) groups is 1. The number of nitrogens with two attached hydrogens (primary N) is 1. The fraction of sp³-hybridized carbons (Fsp3) is 0.250. The van der Waals surface area contributed by atoms with E-state index < -0.39 is 10.0 Å². The first-order chi connectivity index (χ1) is 9.51. The third-order valence-electron chi connectivity index (χ3n) is 3.13. The summed E-state index contributed by atoms with van der Waals surface area (Å²) in [6.45, 7) is 0.425. The Morgan fingerprint density at radius 3 is 2.80 bits per heavy atom. The molecule has 20 heavy (non-hydrogen) atoms. The predicted molar refractivity (Wildman–Crippen MR) is 79.3 cm³/mol. The van der Waals surface area contributed by atoms with Crippen molar-refractivity contribution in [3.8, 4) is 0 Å². The molecule has 0 radical (unpaired) electrons. The monoisotopic (exact) mass is 310 g/mol. The van der Waals surface area contributed by atoms with E-state index in [2.05, 4.69) is 4.98 Å². The van der Waals surface area contributed by atoms with Crippen molar-refractivity contribution in [3.05, 3.63) is 30.6 Å². The molecule has 0 saturated heterocycles. The van der Waals surface area contributed by atoms with Crippen LogP contribution in [-0.4, -0.2) is 30.3 Å². The molecule has 2 aromatic rings. The first kappa shape index (κ1) is 13.3. The summed E-state index contributed by atoms with van der Waals surface area (Å²) in [6.07, 6.45) is 1.41. The van der Waals surface area contributed by atoms with Gasteiger partial charge in [-0.25, -0.2) is 4.98 Å². The predicted octanol–water partition coefficient (Wildman–Crippen LogP) is 1.30. The number of rotatable bonds is 2. The van der Waals surface area contributed by atoms with E-state index in [-0.39, 0.29) is 10.8 Å². The fourth-order valence-corrected chi connectivity index (χ4v) is 5.10. The number of imidazole rings is 1. The van der Waals surface area contributed by atoms with Crippen LogP contribution >= 0.6 is 11.8 Å². The smallest absolute Gasteiger partial charge is 0.283 e. The Hall–Kier alpha value is -1.67. The van der Waals surface area contributed by atoms with Gasteiger partial charge in [-0.05, 0) is 12.1 Å². The molecule has 106 valence electrons. The van der Waals surface area contributed by atoms with Crippen LogP contribution in [0.1, 0.15) is 0 Å². The number of para-hydroxylation sites is 1. The third-order valence-corrected chi connectivity index (χ3v) is 6.12. The summed E-state index contributed by atoms with van der Waals surface area (Å²) in [7, 11) is -2.07. The normalized spacial score (nSPS) is 15.2. The lowest BCUT2D eigenvalue weighted by atomic mass is 10.3. The van der Waals surface area contributed by atoms with Gasteiger partial charge in [-0.15, -0.1) is 11.8 Å². The summed E-state index contributed by atoms with van der Waals surface area (Å²) >= 11 is 1.65. The molecule has 0 atom stereocenters. The van der Waals surface area contributed by atoms with Crippen LogP contribution < -0.4 is 10.0 Å². The summed E-state index contributed by atoms with van der Waals surface area (Å²) in [6, 6.07) is 7.47. The van der Waals surface area contributed by atoms with Gasteiger partial charge in [0.2, 0.25) is 0 Å². The van der Waals surface area contributed by atoms with Crippen LogP contribution in [0, 0.1) is 0 Å². The number of nitrogens with zero attached hydrogens (tertiary/aromatic N) is 3. The molecule has 8 heteroatoms. The third kappa shape index (κ3) is 1.95. The number of aryl methyl sites for hydroxylation is 1. The number of fused-ring (bicyclic) bond motifs is 1. The van der Waals surface area contributed by atoms with Crippen molar-refractivity contribution in [3.63, 3.8) is 0 Å². The molecule has 1 aliphatic heterocycles. The van der Waals surface area contributed by atoms with Gasteiger partial charge < -0.3 is 10.3 Å². The molecule has 2 N–H and O–H groups in total. The molecule has 0 unspecified atom stereocenters. The van der Waals surface area contributed by atoms with Crippen LogP contribution in [0.15, 0.2) is 40.5 Å². The van der Waals surface area contributed by atoms with E-state index in [1.54, 1.807) is 18.8 Å². The minimum absolute atomic E-state index is 0.0307. The van der Waals surface area contributed by atoms with E-state index in [0.29, 0.717) is 18.0 Å². The molecule has 0 spiro atoms. The highest BCUT2D eigenvalue weighted by molar-refractivity contribution is 8.00. The lowest BCUT2D eigenvalue weighted by molar-refractivity contribution is 0.582. The summed E-state index contributed by atoms with van der Waals surface area (Å²) in [4.78, 5) is 4.82. The van der Waals surface area contributed by atoms with Crippen molar-refractivity contribution in [1.29, 1.82) is 0 Å². The summed E-state index contributed by atoms with van der Waals surface area (Å²) in [5, 5.41) is 0.0409.